The van der Waals surface area contributed by atoms with Crippen LogP contribution in [0, 0.1) is 18.3 Å². The molecule has 1 N–H and O–H groups in total. The monoisotopic (exact) mass is 288 g/mol. The summed E-state index contributed by atoms with van der Waals surface area (Å²) in [4.78, 5) is 0. The molecule has 0 amide bonds. The van der Waals surface area contributed by atoms with Gasteiger partial charge in [0.1, 0.15) is 5.54 Å². The standard InChI is InChI=1S/C15H17ClN4/c1-12-14(16)10-19-20(12)9-8-15(11-17,18-2)13-6-4-3-5-7-13/h3-7,10,18H,8-9H2,1-2H3. The van der Waals surface area contributed by atoms with Crippen molar-refractivity contribution in [3.05, 3.63) is 52.8 Å². The Morgan fingerprint density at radius 3 is 2.60 bits per heavy atom. The molecule has 1 unspecified atom stereocenters. The van der Waals surface area contributed by atoms with E-state index in [1.165, 1.54) is 0 Å². The topological polar surface area (TPSA) is 53.6 Å². The summed E-state index contributed by atoms with van der Waals surface area (Å²) in [5.74, 6) is 0. The van der Waals surface area contributed by atoms with Crippen molar-refractivity contribution in [2.45, 2.75) is 25.4 Å². The number of rotatable bonds is 5. The minimum atomic E-state index is -0.716. The fourth-order valence-electron chi connectivity index (χ4n) is 2.24. The smallest absolute Gasteiger partial charge is 0.133 e. The molecule has 0 saturated heterocycles. The Morgan fingerprint density at radius 2 is 2.10 bits per heavy atom. The predicted molar refractivity (Wildman–Crippen MR) is 79.4 cm³/mol. The molecule has 1 atom stereocenters. The minimum absolute atomic E-state index is 0.614. The zero-order valence-electron chi connectivity index (χ0n) is 11.6. The number of benzene rings is 1. The van der Waals surface area contributed by atoms with Crippen LogP contribution in [0.2, 0.25) is 5.02 Å². The summed E-state index contributed by atoms with van der Waals surface area (Å²) in [5.41, 5.74) is 1.16. The average molecular weight is 289 g/mol. The lowest BCUT2D eigenvalue weighted by Crippen LogP contribution is -2.39. The fraction of sp³-hybridized carbons (Fsp3) is 0.333. The second kappa shape index (κ2) is 6.08. The van der Waals surface area contributed by atoms with Crippen LogP contribution in [-0.4, -0.2) is 16.8 Å². The number of nitriles is 1. The number of halogens is 1. The van der Waals surface area contributed by atoms with Crippen LogP contribution in [0.4, 0.5) is 0 Å². The van der Waals surface area contributed by atoms with Crippen LogP contribution in [0.5, 0.6) is 0 Å². The molecule has 2 rings (SSSR count). The molecule has 5 heteroatoms. The highest BCUT2D eigenvalue weighted by atomic mass is 35.5. The Morgan fingerprint density at radius 1 is 1.40 bits per heavy atom. The van der Waals surface area contributed by atoms with Gasteiger partial charge in [-0.3, -0.25) is 10.00 Å². The molecule has 2 aromatic rings. The van der Waals surface area contributed by atoms with Gasteiger partial charge in [-0.2, -0.15) is 10.4 Å². The maximum absolute atomic E-state index is 9.61. The maximum Gasteiger partial charge on any atom is 0.133 e. The van der Waals surface area contributed by atoms with Gasteiger partial charge in [0, 0.05) is 13.0 Å². The second-order valence-electron chi connectivity index (χ2n) is 4.68. The van der Waals surface area contributed by atoms with Crippen LogP contribution in [0.3, 0.4) is 0 Å². The fourth-order valence-corrected chi connectivity index (χ4v) is 2.38. The van der Waals surface area contributed by atoms with E-state index in [0.29, 0.717) is 18.0 Å². The third-order valence-electron chi connectivity index (χ3n) is 3.63. The molecule has 1 heterocycles. The second-order valence-corrected chi connectivity index (χ2v) is 5.09. The molecule has 1 aromatic heterocycles. The average Bonchev–Trinajstić information content (AvgIpc) is 2.82. The first-order valence-corrected chi connectivity index (χ1v) is 6.84. The van der Waals surface area contributed by atoms with Gasteiger partial charge in [0.2, 0.25) is 0 Å². The normalized spacial score (nSPS) is 13.7. The first-order chi connectivity index (χ1) is 9.63. The van der Waals surface area contributed by atoms with Crippen LogP contribution < -0.4 is 5.32 Å². The molecule has 0 saturated carbocycles. The van der Waals surface area contributed by atoms with E-state index in [1.54, 1.807) is 13.2 Å². The van der Waals surface area contributed by atoms with E-state index < -0.39 is 5.54 Å². The predicted octanol–water partition coefficient (Wildman–Crippen LogP) is 2.87. The van der Waals surface area contributed by atoms with E-state index in [1.807, 2.05) is 41.9 Å². The van der Waals surface area contributed by atoms with Gasteiger partial charge in [-0.25, -0.2) is 0 Å². The van der Waals surface area contributed by atoms with E-state index >= 15 is 0 Å². The summed E-state index contributed by atoms with van der Waals surface area (Å²) in [6.45, 7) is 2.55. The maximum atomic E-state index is 9.61. The first kappa shape index (κ1) is 14.6. The molecule has 20 heavy (non-hydrogen) atoms. The highest BCUT2D eigenvalue weighted by Crippen LogP contribution is 2.25. The van der Waals surface area contributed by atoms with E-state index in [0.717, 1.165) is 11.3 Å². The third-order valence-corrected chi connectivity index (χ3v) is 4.00. The SMILES string of the molecule is CNC(C#N)(CCn1ncc(Cl)c1C)c1ccccc1. The molecule has 104 valence electrons. The van der Waals surface area contributed by atoms with Gasteiger partial charge in [0.05, 0.1) is 23.0 Å². The minimum Gasteiger partial charge on any atom is -0.299 e. The number of hydrogen-bond acceptors (Lipinski definition) is 3. The lowest BCUT2D eigenvalue weighted by molar-refractivity contribution is 0.387. The van der Waals surface area contributed by atoms with E-state index in [4.69, 9.17) is 11.6 Å². The molecule has 4 nitrogen and oxygen atoms in total. The number of nitrogens with zero attached hydrogens (tertiary/aromatic N) is 3. The summed E-state index contributed by atoms with van der Waals surface area (Å²) >= 11 is 6.00. The molecule has 0 spiro atoms. The molecule has 0 aliphatic rings. The molecule has 0 radical (unpaired) electrons. The van der Waals surface area contributed by atoms with Crippen LogP contribution >= 0.6 is 11.6 Å². The molecular formula is C15H17ClN4. The Balaban J connectivity index is 2.23. The van der Waals surface area contributed by atoms with Gasteiger partial charge in [0.25, 0.3) is 0 Å². The molecule has 0 aliphatic heterocycles. The zero-order valence-corrected chi connectivity index (χ0v) is 12.4. The van der Waals surface area contributed by atoms with Crippen LogP contribution in [0.25, 0.3) is 0 Å². The van der Waals surface area contributed by atoms with E-state index in [9.17, 15) is 5.26 Å². The van der Waals surface area contributed by atoms with Crippen molar-refractivity contribution in [3.63, 3.8) is 0 Å². The number of hydrogen-bond donors (Lipinski definition) is 1. The van der Waals surface area contributed by atoms with Gasteiger partial charge in [0.15, 0.2) is 0 Å². The Hall–Kier alpha value is -1.83. The third kappa shape index (κ3) is 2.69. The van der Waals surface area contributed by atoms with Gasteiger partial charge in [-0.15, -0.1) is 0 Å². The van der Waals surface area contributed by atoms with Crippen LogP contribution in [0.15, 0.2) is 36.5 Å². The van der Waals surface area contributed by atoms with Gasteiger partial charge in [-0.1, -0.05) is 41.9 Å². The van der Waals surface area contributed by atoms with Crippen molar-refractivity contribution in [1.82, 2.24) is 15.1 Å². The Kier molecular flexibility index (Phi) is 4.43. The van der Waals surface area contributed by atoms with E-state index in [2.05, 4.69) is 16.5 Å². The number of nitrogens with one attached hydrogen (secondary N) is 1. The van der Waals surface area contributed by atoms with Crippen molar-refractivity contribution in [2.75, 3.05) is 7.05 Å². The van der Waals surface area contributed by atoms with Crippen molar-refractivity contribution in [1.29, 1.82) is 5.26 Å². The summed E-state index contributed by atoms with van der Waals surface area (Å²) < 4.78 is 1.83. The summed E-state index contributed by atoms with van der Waals surface area (Å²) in [6.07, 6.45) is 2.25. The summed E-state index contributed by atoms with van der Waals surface area (Å²) in [6, 6.07) is 12.1. The molecule has 0 fully saturated rings. The first-order valence-electron chi connectivity index (χ1n) is 6.46. The van der Waals surface area contributed by atoms with Crippen molar-refractivity contribution in [3.8, 4) is 6.07 Å². The number of aromatic nitrogens is 2. The Labute approximate surface area is 124 Å². The van der Waals surface area contributed by atoms with Gasteiger partial charge >= 0.3 is 0 Å². The largest absolute Gasteiger partial charge is 0.299 e. The molecule has 0 bridgehead atoms. The number of aryl methyl sites for hydroxylation is 1. The van der Waals surface area contributed by atoms with Gasteiger partial charge in [-0.05, 0) is 19.5 Å². The highest BCUT2D eigenvalue weighted by Gasteiger charge is 2.30. The Bertz CT molecular complexity index is 615. The van der Waals surface area contributed by atoms with Crippen molar-refractivity contribution >= 4 is 11.6 Å². The van der Waals surface area contributed by atoms with Crippen LogP contribution in [-0.2, 0) is 12.1 Å². The summed E-state index contributed by atoms with van der Waals surface area (Å²) in [5, 5.41) is 17.6. The van der Waals surface area contributed by atoms with Crippen LogP contribution in [0.1, 0.15) is 17.7 Å². The van der Waals surface area contributed by atoms with Crippen molar-refractivity contribution < 1.29 is 0 Å². The summed E-state index contributed by atoms with van der Waals surface area (Å²) in [7, 11) is 1.80. The van der Waals surface area contributed by atoms with E-state index in [-0.39, 0.29) is 0 Å². The molecule has 1 aromatic carbocycles. The quantitative estimate of drug-likeness (QED) is 0.920. The van der Waals surface area contributed by atoms with Crippen molar-refractivity contribution in [2.24, 2.45) is 0 Å². The highest BCUT2D eigenvalue weighted by molar-refractivity contribution is 6.31. The zero-order chi connectivity index (χ0) is 14.6. The lowest BCUT2D eigenvalue weighted by Gasteiger charge is -2.26. The van der Waals surface area contributed by atoms with Gasteiger partial charge < -0.3 is 0 Å². The molecular weight excluding hydrogens is 272 g/mol. The lowest BCUT2D eigenvalue weighted by atomic mass is 9.88. The molecule has 0 aliphatic carbocycles.